The van der Waals surface area contributed by atoms with Crippen LogP contribution >= 0.6 is 11.6 Å². The van der Waals surface area contributed by atoms with Crippen molar-refractivity contribution in [2.75, 3.05) is 5.75 Å². The lowest BCUT2D eigenvalue weighted by Crippen LogP contribution is -2.15. The van der Waals surface area contributed by atoms with E-state index in [2.05, 4.69) is 0 Å². The van der Waals surface area contributed by atoms with Crippen molar-refractivity contribution in [3.63, 3.8) is 0 Å². The highest BCUT2D eigenvalue weighted by Gasteiger charge is 2.23. The predicted molar refractivity (Wildman–Crippen MR) is 74.5 cm³/mol. The molecule has 1 rings (SSSR count). The van der Waals surface area contributed by atoms with Crippen LogP contribution in [0, 0.1) is 5.41 Å². The highest BCUT2D eigenvalue weighted by Crippen LogP contribution is 2.27. The molecule has 0 bridgehead atoms. The molecule has 0 unspecified atom stereocenters. The topological polar surface area (TPSA) is 71.4 Å². The van der Waals surface area contributed by atoms with Gasteiger partial charge in [0.05, 0.1) is 21.2 Å². The van der Waals surface area contributed by atoms with Gasteiger partial charge in [0.15, 0.2) is 9.84 Å². The molecule has 0 radical (unpaired) electrons. The molecule has 0 fully saturated rings. The molecule has 106 valence electrons. The van der Waals surface area contributed by atoms with Gasteiger partial charge < -0.3 is 5.11 Å². The van der Waals surface area contributed by atoms with Crippen molar-refractivity contribution in [2.45, 2.75) is 32.1 Å². The molecule has 4 nitrogen and oxygen atoms in total. The molecule has 6 heteroatoms. The number of sulfone groups is 1. The first kappa shape index (κ1) is 16.0. The first-order valence-electron chi connectivity index (χ1n) is 5.78. The number of carboxylic acid groups (broad SMARTS) is 1. The third-order valence-corrected chi connectivity index (χ3v) is 4.83. The number of carboxylic acids is 1. The Morgan fingerprint density at radius 3 is 2.37 bits per heavy atom. The van der Waals surface area contributed by atoms with Gasteiger partial charge in [0, 0.05) is 0 Å². The highest BCUT2D eigenvalue weighted by atomic mass is 35.5. The zero-order chi connectivity index (χ0) is 14.8. The van der Waals surface area contributed by atoms with Crippen LogP contribution in [0.2, 0.25) is 5.02 Å². The summed E-state index contributed by atoms with van der Waals surface area (Å²) < 4.78 is 24.4. The summed E-state index contributed by atoms with van der Waals surface area (Å²) in [5.41, 5.74) is -0.206. The van der Waals surface area contributed by atoms with Crippen LogP contribution in [0.5, 0.6) is 0 Å². The smallest absolute Gasteiger partial charge is 0.335 e. The number of carbonyl (C=O) groups is 1. The van der Waals surface area contributed by atoms with Crippen LogP contribution in [0.25, 0.3) is 0 Å². The van der Waals surface area contributed by atoms with E-state index in [1.165, 1.54) is 12.1 Å². The van der Waals surface area contributed by atoms with E-state index >= 15 is 0 Å². The molecule has 0 atom stereocenters. The van der Waals surface area contributed by atoms with Crippen LogP contribution in [0.4, 0.5) is 0 Å². The summed E-state index contributed by atoms with van der Waals surface area (Å²) in [5, 5.41) is 8.94. The Hall–Kier alpha value is -1.07. The quantitative estimate of drug-likeness (QED) is 0.927. The summed E-state index contributed by atoms with van der Waals surface area (Å²) in [5.74, 6) is -1.23. The van der Waals surface area contributed by atoms with Gasteiger partial charge in [-0.05, 0) is 30.0 Å². The van der Waals surface area contributed by atoms with Gasteiger partial charge in [0.25, 0.3) is 0 Å². The molecule has 0 aliphatic rings. The third-order valence-electron chi connectivity index (χ3n) is 2.63. The van der Waals surface area contributed by atoms with Gasteiger partial charge in [-0.25, -0.2) is 13.2 Å². The molecule has 1 N–H and O–H groups in total. The molecule has 0 aliphatic heterocycles. The van der Waals surface area contributed by atoms with Gasteiger partial charge >= 0.3 is 5.97 Å². The van der Waals surface area contributed by atoms with E-state index in [0.717, 1.165) is 6.07 Å². The zero-order valence-electron chi connectivity index (χ0n) is 11.1. The Morgan fingerprint density at radius 2 is 1.89 bits per heavy atom. The van der Waals surface area contributed by atoms with Gasteiger partial charge in [0.1, 0.15) is 0 Å². The van der Waals surface area contributed by atoms with E-state index in [0.29, 0.717) is 6.42 Å². The molecule has 1 aromatic carbocycles. The predicted octanol–water partition coefficient (Wildman–Crippen LogP) is 3.25. The summed E-state index contributed by atoms with van der Waals surface area (Å²) in [6, 6.07) is 3.70. The summed E-state index contributed by atoms with van der Waals surface area (Å²) in [4.78, 5) is 10.8. The molecule has 0 heterocycles. The van der Waals surface area contributed by atoms with Gasteiger partial charge in [-0.2, -0.15) is 0 Å². The zero-order valence-corrected chi connectivity index (χ0v) is 12.7. The number of hydrogen-bond donors (Lipinski definition) is 1. The molecule has 0 spiro atoms. The van der Waals surface area contributed by atoms with Crippen molar-refractivity contribution in [1.82, 2.24) is 0 Å². The lowest BCUT2D eigenvalue weighted by atomic mass is 9.94. The van der Waals surface area contributed by atoms with Gasteiger partial charge in [0.2, 0.25) is 0 Å². The number of aromatic carboxylic acids is 1. The monoisotopic (exact) mass is 304 g/mol. The normalized spacial score (nSPS) is 12.4. The van der Waals surface area contributed by atoms with Crippen molar-refractivity contribution in [3.8, 4) is 0 Å². The second-order valence-electron chi connectivity index (χ2n) is 5.58. The van der Waals surface area contributed by atoms with Crippen molar-refractivity contribution in [3.05, 3.63) is 28.8 Å². The van der Waals surface area contributed by atoms with E-state index < -0.39 is 15.8 Å². The average molecular weight is 305 g/mol. The Bertz CT molecular complexity index is 585. The van der Waals surface area contributed by atoms with E-state index in [1.54, 1.807) is 0 Å². The summed E-state index contributed by atoms with van der Waals surface area (Å²) in [7, 11) is -3.58. The fourth-order valence-corrected chi connectivity index (χ4v) is 3.67. The summed E-state index contributed by atoms with van der Waals surface area (Å²) >= 11 is 5.86. The second-order valence-corrected chi connectivity index (χ2v) is 8.06. The lowest BCUT2D eigenvalue weighted by molar-refractivity contribution is 0.0696. The molecular weight excluding hydrogens is 288 g/mol. The highest BCUT2D eigenvalue weighted by molar-refractivity contribution is 7.91. The minimum Gasteiger partial charge on any atom is -0.478 e. The minimum absolute atomic E-state index is 0.0545. The van der Waals surface area contributed by atoms with Crippen LogP contribution in [-0.2, 0) is 9.84 Å². The number of halogens is 1. The van der Waals surface area contributed by atoms with Crippen molar-refractivity contribution < 1.29 is 18.3 Å². The Kier molecular flexibility index (Phi) is 4.63. The Balaban J connectivity index is 3.14. The molecular formula is C13H17ClO4S. The van der Waals surface area contributed by atoms with Crippen molar-refractivity contribution >= 4 is 27.4 Å². The first-order valence-corrected chi connectivity index (χ1v) is 7.81. The molecule has 0 aliphatic carbocycles. The standard InChI is InChI=1S/C13H17ClO4S/c1-13(2,3)6-7-19(17,18)11-8-9(12(15)16)4-5-10(11)14/h4-5,8H,6-7H2,1-3H3,(H,15,16). The molecule has 1 aromatic rings. The van der Waals surface area contributed by atoms with E-state index in [4.69, 9.17) is 16.7 Å². The second kappa shape index (κ2) is 5.51. The van der Waals surface area contributed by atoms with Crippen LogP contribution in [-0.4, -0.2) is 25.2 Å². The fraction of sp³-hybridized carbons (Fsp3) is 0.462. The fourth-order valence-electron chi connectivity index (χ4n) is 1.43. The summed E-state index contributed by atoms with van der Waals surface area (Å²) in [6.07, 6.45) is 0.475. The van der Waals surface area contributed by atoms with Crippen LogP contribution in [0.3, 0.4) is 0 Å². The van der Waals surface area contributed by atoms with Crippen LogP contribution in [0.15, 0.2) is 23.1 Å². The average Bonchev–Trinajstić information content (AvgIpc) is 2.25. The largest absolute Gasteiger partial charge is 0.478 e. The molecule has 0 saturated carbocycles. The molecule has 19 heavy (non-hydrogen) atoms. The summed E-state index contributed by atoms with van der Waals surface area (Å²) in [6.45, 7) is 5.83. The number of rotatable bonds is 4. The van der Waals surface area contributed by atoms with Gasteiger partial charge in [-0.1, -0.05) is 32.4 Å². The molecule has 0 saturated heterocycles. The van der Waals surface area contributed by atoms with Crippen molar-refractivity contribution in [2.24, 2.45) is 5.41 Å². The third kappa shape index (κ3) is 4.51. The maximum absolute atomic E-state index is 12.2. The van der Waals surface area contributed by atoms with Crippen molar-refractivity contribution in [1.29, 1.82) is 0 Å². The SMILES string of the molecule is CC(C)(C)CCS(=O)(=O)c1cc(C(=O)O)ccc1Cl. The van der Waals surface area contributed by atoms with Crippen LogP contribution in [0.1, 0.15) is 37.6 Å². The van der Waals surface area contributed by atoms with E-state index in [-0.39, 0.29) is 26.6 Å². The van der Waals surface area contributed by atoms with Gasteiger partial charge in [-0.3, -0.25) is 0 Å². The van der Waals surface area contributed by atoms with Crippen LogP contribution < -0.4 is 0 Å². The Morgan fingerprint density at radius 1 is 1.32 bits per heavy atom. The number of benzene rings is 1. The maximum atomic E-state index is 12.2. The minimum atomic E-state index is -3.58. The number of hydrogen-bond acceptors (Lipinski definition) is 3. The Labute approximate surface area is 118 Å². The lowest BCUT2D eigenvalue weighted by Gasteiger charge is -2.18. The molecule has 0 amide bonds. The van der Waals surface area contributed by atoms with E-state index in [1.807, 2.05) is 20.8 Å². The van der Waals surface area contributed by atoms with Gasteiger partial charge in [-0.15, -0.1) is 0 Å². The van der Waals surface area contributed by atoms with E-state index in [9.17, 15) is 13.2 Å². The molecule has 0 aromatic heterocycles. The first-order chi connectivity index (χ1) is 8.53. The maximum Gasteiger partial charge on any atom is 0.335 e.